The molecule has 2 amide bonds. The fourth-order valence-corrected chi connectivity index (χ4v) is 14.1. The Labute approximate surface area is 391 Å². The maximum atomic E-state index is 13.5. The van der Waals surface area contributed by atoms with Crippen LogP contribution in [-0.4, -0.2) is 37.0 Å². The van der Waals surface area contributed by atoms with E-state index in [9.17, 15) is 19.2 Å². The van der Waals surface area contributed by atoms with Crippen LogP contribution in [0.25, 0.3) is 0 Å². The Morgan fingerprint density at radius 3 is 1.17 bits per heavy atom. The Kier molecular flexibility index (Phi) is 12.5. The summed E-state index contributed by atoms with van der Waals surface area (Å²) in [6, 6.07) is 25.8. The predicted molar refractivity (Wildman–Crippen MR) is 252 cm³/mol. The molecule has 2 N–H and O–H groups in total. The summed E-state index contributed by atoms with van der Waals surface area (Å²) in [4.78, 5) is 53.0. The molecule has 11 heteroatoms. The van der Waals surface area contributed by atoms with Crippen LogP contribution in [0.4, 0.5) is 11.4 Å². The lowest BCUT2D eigenvalue weighted by atomic mass is 9.48. The van der Waals surface area contributed by atoms with Gasteiger partial charge in [0.2, 0.25) is 11.8 Å². The van der Waals surface area contributed by atoms with Crippen molar-refractivity contribution in [3.63, 3.8) is 0 Å². The third-order valence-corrected chi connectivity index (χ3v) is 16.3. The highest BCUT2D eigenvalue weighted by molar-refractivity contribution is 6.31. The molecule has 0 atom stereocenters. The number of rotatable bonds is 16. The topological polar surface area (TPSA) is 120 Å². The summed E-state index contributed by atoms with van der Waals surface area (Å²) in [5, 5.41) is 5.92. The first kappa shape index (κ1) is 44.0. The van der Waals surface area contributed by atoms with Crippen molar-refractivity contribution in [2.75, 3.05) is 23.8 Å². The number of hydrogen-bond donors (Lipinski definition) is 2. The van der Waals surface area contributed by atoms with Crippen LogP contribution in [0.15, 0.2) is 84.9 Å². The summed E-state index contributed by atoms with van der Waals surface area (Å²) in [7, 11) is 0. The van der Waals surface area contributed by atoms with Gasteiger partial charge in [0.25, 0.3) is 0 Å². The predicted octanol–water partition coefficient (Wildman–Crippen LogP) is 12.5. The molecule has 0 radical (unpaired) electrons. The van der Waals surface area contributed by atoms with E-state index in [0.29, 0.717) is 36.9 Å². The van der Waals surface area contributed by atoms with Gasteiger partial charge in [-0.15, -0.1) is 0 Å². The van der Waals surface area contributed by atoms with Crippen molar-refractivity contribution in [3.05, 3.63) is 117 Å². The summed E-state index contributed by atoms with van der Waals surface area (Å²) in [6.45, 7) is 0.687. The zero-order valence-electron chi connectivity index (χ0n) is 36.9. The minimum absolute atomic E-state index is 0.107. The van der Waals surface area contributed by atoms with E-state index in [4.69, 9.17) is 37.4 Å². The first-order chi connectivity index (χ1) is 31.5. The van der Waals surface area contributed by atoms with Gasteiger partial charge in [-0.1, -0.05) is 47.5 Å². The van der Waals surface area contributed by atoms with E-state index in [-0.39, 0.29) is 57.2 Å². The number of carbonyl (C=O) groups excluding carboxylic acids is 4. The van der Waals surface area contributed by atoms with Crippen molar-refractivity contribution in [1.82, 2.24) is 0 Å². The smallest absolute Gasteiger partial charge is 0.348 e. The highest BCUT2D eigenvalue weighted by Crippen LogP contribution is 2.62. The first-order valence-electron chi connectivity index (χ1n) is 23.9. The maximum Gasteiger partial charge on any atom is 0.348 e. The summed E-state index contributed by atoms with van der Waals surface area (Å²) in [5.41, 5.74) is 3.61. The molecule has 8 fully saturated rings. The monoisotopic (exact) mass is 916 g/mol. The van der Waals surface area contributed by atoms with Gasteiger partial charge in [-0.2, -0.15) is 0 Å². The molecular formula is C54H58Cl2N2O7. The molecule has 0 unspecified atom stereocenters. The third kappa shape index (κ3) is 9.69. The number of hydrogen-bond acceptors (Lipinski definition) is 7. The highest BCUT2D eigenvalue weighted by Gasteiger charge is 2.52. The number of carbonyl (C=O) groups is 4. The van der Waals surface area contributed by atoms with Crippen LogP contribution >= 0.6 is 23.2 Å². The Morgan fingerprint density at radius 1 is 0.492 bits per heavy atom. The van der Waals surface area contributed by atoms with Crippen molar-refractivity contribution in [2.24, 2.45) is 35.5 Å². The molecule has 8 aliphatic rings. The number of ether oxygens (including phenoxy) is 3. The molecule has 0 heterocycles. The van der Waals surface area contributed by atoms with Crippen molar-refractivity contribution >= 4 is 58.3 Å². The Balaban J connectivity index is 0.680. The van der Waals surface area contributed by atoms with Crippen molar-refractivity contribution < 1.29 is 33.4 Å². The second-order valence-corrected chi connectivity index (χ2v) is 21.4. The number of nitrogens with one attached hydrogen (secondary N) is 2. The lowest BCUT2D eigenvalue weighted by Crippen LogP contribution is -2.48. The number of esters is 2. The van der Waals surface area contributed by atoms with Crippen molar-refractivity contribution in [2.45, 2.75) is 114 Å². The minimum Gasteiger partial charge on any atom is -0.494 e. The van der Waals surface area contributed by atoms with Gasteiger partial charge in [0.1, 0.15) is 11.5 Å². The summed E-state index contributed by atoms with van der Waals surface area (Å²) in [5.74, 6) is 4.11. The van der Waals surface area contributed by atoms with Crippen molar-refractivity contribution in [1.29, 1.82) is 0 Å². The summed E-state index contributed by atoms with van der Waals surface area (Å²) < 4.78 is 17.3. The zero-order chi connectivity index (χ0) is 44.7. The van der Waals surface area contributed by atoms with Crippen LogP contribution < -0.4 is 20.1 Å². The lowest BCUT2D eigenvalue weighted by Gasteiger charge is -2.57. The molecule has 4 aromatic rings. The van der Waals surface area contributed by atoms with Gasteiger partial charge in [-0.25, -0.2) is 9.59 Å². The van der Waals surface area contributed by atoms with E-state index in [2.05, 4.69) is 59.2 Å². The molecule has 8 aliphatic carbocycles. The van der Waals surface area contributed by atoms with Crippen molar-refractivity contribution in [3.8, 4) is 11.5 Å². The number of anilines is 2. The van der Waals surface area contributed by atoms with Gasteiger partial charge in [-0.3, -0.25) is 9.59 Å². The highest BCUT2D eigenvalue weighted by atomic mass is 35.5. The molecule has 4 aromatic carbocycles. The van der Waals surface area contributed by atoms with Gasteiger partial charge in [0.15, 0.2) is 0 Å². The van der Waals surface area contributed by atoms with Crippen LogP contribution in [0.3, 0.4) is 0 Å². The van der Waals surface area contributed by atoms with E-state index >= 15 is 0 Å². The third-order valence-electron chi connectivity index (χ3n) is 15.8. The summed E-state index contributed by atoms with van der Waals surface area (Å²) in [6.07, 6.45) is 17.5. The second-order valence-electron chi connectivity index (χ2n) is 20.5. The van der Waals surface area contributed by atoms with Gasteiger partial charge >= 0.3 is 11.9 Å². The molecule has 0 saturated heterocycles. The Morgan fingerprint density at radius 2 is 0.831 bits per heavy atom. The molecule has 9 nitrogen and oxygen atoms in total. The molecular weight excluding hydrogens is 860 g/mol. The van der Waals surface area contributed by atoms with Gasteiger partial charge in [0.05, 0.1) is 35.7 Å². The van der Waals surface area contributed by atoms with Crippen LogP contribution in [0, 0.1) is 35.5 Å². The van der Waals surface area contributed by atoms with Crippen LogP contribution in [0.1, 0.15) is 135 Å². The van der Waals surface area contributed by atoms with E-state index in [1.165, 1.54) is 125 Å². The Bertz CT molecular complexity index is 2210. The minimum atomic E-state index is -1.03. The van der Waals surface area contributed by atoms with E-state index in [1.807, 2.05) is 0 Å². The van der Waals surface area contributed by atoms with E-state index in [1.54, 1.807) is 0 Å². The number of halogens is 2. The molecule has 8 saturated carbocycles. The Hall–Kier alpha value is -4.86. The van der Waals surface area contributed by atoms with Gasteiger partial charge in [0, 0.05) is 22.9 Å². The van der Waals surface area contributed by atoms with Crippen LogP contribution in [0.5, 0.6) is 11.5 Å². The standard InChI is InChI=1S/C54H58Cl2N2O7/c55-41-9-15-47(57-49(59)3-1-17-63-43-11-5-39(6-12-43)53-27-33-19-34(28-53)21-35(20-33)29-53)45(25-41)51(61)65-52(62)46-26-42(56)10-16-48(46)58-50(60)4-2-18-64-44-13-7-40(8-14-44)54-30-36-22-37(31-54)24-38(23-36)32-54/h5-16,25-26,33-38H,1-4,17-24,27-32H2,(H,57,59)(H,58,60). The quantitative estimate of drug-likeness (QED) is 0.0652. The summed E-state index contributed by atoms with van der Waals surface area (Å²) >= 11 is 12.5. The lowest BCUT2D eigenvalue weighted by molar-refractivity contribution is -0.117. The molecule has 8 bridgehead atoms. The van der Waals surface area contributed by atoms with Gasteiger partial charge < -0.3 is 24.8 Å². The molecule has 12 rings (SSSR count). The maximum absolute atomic E-state index is 13.5. The average molecular weight is 918 g/mol. The van der Waals surface area contributed by atoms with E-state index in [0.717, 1.165) is 47.0 Å². The number of benzene rings is 4. The fourth-order valence-electron chi connectivity index (χ4n) is 13.8. The molecule has 65 heavy (non-hydrogen) atoms. The van der Waals surface area contributed by atoms with E-state index < -0.39 is 11.9 Å². The zero-order valence-corrected chi connectivity index (χ0v) is 38.4. The normalized spacial score (nSPS) is 27.8. The van der Waals surface area contributed by atoms with Crippen LogP contribution in [0.2, 0.25) is 10.0 Å². The van der Waals surface area contributed by atoms with Crippen LogP contribution in [-0.2, 0) is 25.2 Å². The molecule has 0 spiro atoms. The molecule has 0 aliphatic heterocycles. The molecule has 340 valence electrons. The SMILES string of the molecule is O=C(CCCOc1ccc(C23CC4CC(CC(C4)C2)C3)cc1)Nc1ccc(Cl)cc1C(=O)OC(=O)c1cc(Cl)ccc1NC(=O)CCCOc1ccc(C23CC4CC(CC(C4)C2)C3)cc1. The average Bonchev–Trinajstić information content (AvgIpc) is 3.27. The number of amides is 2. The van der Waals surface area contributed by atoms with Gasteiger partial charge in [-0.05, 0) is 208 Å². The fraction of sp³-hybridized carbons (Fsp3) is 0.481. The first-order valence-corrected chi connectivity index (χ1v) is 24.6. The largest absolute Gasteiger partial charge is 0.494 e. The second kappa shape index (κ2) is 18.4. The molecule has 0 aromatic heterocycles.